The summed E-state index contributed by atoms with van der Waals surface area (Å²) in [6.45, 7) is 1.41. The van der Waals surface area contributed by atoms with Gasteiger partial charge in [0.25, 0.3) is 0 Å². The Morgan fingerprint density at radius 2 is 2.08 bits per heavy atom. The zero-order valence-corrected chi connectivity index (χ0v) is 7.44. The molecule has 0 aromatic carbocycles. The van der Waals surface area contributed by atoms with Crippen LogP contribution in [0.5, 0.6) is 0 Å². The number of nitrogens with zero attached hydrogens (tertiary/aromatic N) is 1. The molecule has 0 unspecified atom stereocenters. The molecule has 0 saturated heterocycles. The van der Waals surface area contributed by atoms with E-state index in [1.165, 1.54) is 14.0 Å². The summed E-state index contributed by atoms with van der Waals surface area (Å²) in [4.78, 5) is 20.9. The molecule has 0 heterocycles. The van der Waals surface area contributed by atoms with E-state index in [4.69, 9.17) is 5.11 Å². The van der Waals surface area contributed by atoms with E-state index < -0.39 is 17.4 Å². The normalized spacial score (nSPS) is 11.8. The summed E-state index contributed by atoms with van der Waals surface area (Å²) in [7, 11) is 1.44. The van der Waals surface area contributed by atoms with Gasteiger partial charge in [-0.05, 0) is 12.1 Å². The first-order valence-electron chi connectivity index (χ1n) is 3.52. The van der Waals surface area contributed by atoms with Crippen molar-refractivity contribution in [2.75, 3.05) is 20.3 Å². The average Bonchev–Trinajstić information content (AvgIpc) is 2.05. The van der Waals surface area contributed by atoms with E-state index >= 15 is 0 Å². The third-order valence-electron chi connectivity index (χ3n) is 1.15. The predicted octanol–water partition coefficient (Wildman–Crippen LogP) is 0.732. The third kappa shape index (κ3) is 4.22. The van der Waals surface area contributed by atoms with E-state index in [2.05, 4.69) is 14.7 Å². The van der Waals surface area contributed by atoms with Gasteiger partial charge in [0.05, 0.1) is 6.61 Å². The Hall–Kier alpha value is -1.43. The van der Waals surface area contributed by atoms with E-state index in [9.17, 15) is 9.70 Å². The lowest BCUT2D eigenvalue weighted by Gasteiger charge is -2.02. The van der Waals surface area contributed by atoms with E-state index in [1.54, 1.807) is 0 Å². The molecule has 0 aliphatic heterocycles. The van der Waals surface area contributed by atoms with Crippen LogP contribution in [0.1, 0.15) is 6.92 Å². The highest BCUT2D eigenvalue weighted by molar-refractivity contribution is 5.88. The first-order valence-corrected chi connectivity index (χ1v) is 3.52. The number of carbonyl (C=O) groups is 1. The molecule has 0 radical (unpaired) electrons. The minimum absolute atomic E-state index is 0.0155. The summed E-state index contributed by atoms with van der Waals surface area (Å²) in [6.07, 6.45) is 0. The molecule has 1 N–H and O–H groups in total. The molecule has 0 aromatic rings. The maximum Gasteiger partial charge on any atom is 0.364 e. The Morgan fingerprint density at radius 1 is 1.46 bits per heavy atom. The molecule has 0 amide bonds. The van der Waals surface area contributed by atoms with Crippen LogP contribution in [0.25, 0.3) is 0 Å². The Labute approximate surface area is 75.1 Å². The summed E-state index contributed by atoms with van der Waals surface area (Å²) >= 11 is 0. The number of aliphatic hydroxyl groups excluding tert-OH is 1. The zero-order valence-electron chi connectivity index (χ0n) is 7.44. The van der Waals surface area contributed by atoms with Crippen LogP contribution in [0.2, 0.25) is 0 Å². The van der Waals surface area contributed by atoms with Gasteiger partial charge in [-0.15, -0.1) is 4.91 Å². The van der Waals surface area contributed by atoms with Gasteiger partial charge in [0.15, 0.2) is 0 Å². The van der Waals surface area contributed by atoms with Crippen molar-refractivity contribution in [1.29, 1.82) is 0 Å². The summed E-state index contributed by atoms with van der Waals surface area (Å²) in [5.74, 6) is -1.41. The summed E-state index contributed by atoms with van der Waals surface area (Å²) in [6, 6.07) is 0. The van der Waals surface area contributed by atoms with E-state index in [-0.39, 0.29) is 13.2 Å². The van der Waals surface area contributed by atoms with Crippen molar-refractivity contribution in [3.63, 3.8) is 0 Å². The van der Waals surface area contributed by atoms with Gasteiger partial charge in [-0.25, -0.2) is 4.79 Å². The van der Waals surface area contributed by atoms with Crippen molar-refractivity contribution in [1.82, 2.24) is 0 Å². The zero-order chi connectivity index (χ0) is 10.3. The van der Waals surface area contributed by atoms with Crippen molar-refractivity contribution in [2.24, 2.45) is 5.18 Å². The number of hydrogen-bond acceptors (Lipinski definition) is 6. The van der Waals surface area contributed by atoms with E-state index in [0.717, 1.165) is 0 Å². The number of esters is 1. The summed E-state index contributed by atoms with van der Waals surface area (Å²) < 4.78 is 9.12. The lowest BCUT2D eigenvalue weighted by molar-refractivity contribution is -0.140. The standard InChI is InChI=1S/C7H11NO5/c1-5(9)6(8-11)7(10)13-4-3-12-2/h9H,3-4H2,1-2H3/b6-5+. The van der Waals surface area contributed by atoms with Gasteiger partial charge in [-0.3, -0.25) is 0 Å². The fourth-order valence-electron chi connectivity index (χ4n) is 0.537. The van der Waals surface area contributed by atoms with E-state index in [0.29, 0.717) is 0 Å². The quantitative estimate of drug-likeness (QED) is 0.226. The molecule has 0 spiro atoms. The first kappa shape index (κ1) is 11.6. The number of allylic oxidation sites excluding steroid dienone is 1. The lowest BCUT2D eigenvalue weighted by Crippen LogP contribution is -2.12. The van der Waals surface area contributed by atoms with Crippen LogP contribution in [0.3, 0.4) is 0 Å². The molecule has 6 heteroatoms. The van der Waals surface area contributed by atoms with Gasteiger partial charge < -0.3 is 14.6 Å². The molecule has 0 aromatic heterocycles. The van der Waals surface area contributed by atoms with Gasteiger partial charge >= 0.3 is 5.97 Å². The number of rotatable bonds is 5. The fourth-order valence-corrected chi connectivity index (χ4v) is 0.537. The van der Waals surface area contributed by atoms with Crippen LogP contribution < -0.4 is 0 Å². The Morgan fingerprint density at radius 3 is 2.46 bits per heavy atom. The summed E-state index contributed by atoms with van der Waals surface area (Å²) in [5, 5.41) is 11.1. The number of methoxy groups -OCH3 is 1. The number of nitroso groups, excluding NO2 is 1. The van der Waals surface area contributed by atoms with Crippen molar-refractivity contribution >= 4 is 5.97 Å². The third-order valence-corrected chi connectivity index (χ3v) is 1.15. The molecule has 0 fully saturated rings. The number of carbonyl (C=O) groups excluding carboxylic acids is 1. The molecule has 13 heavy (non-hydrogen) atoms. The number of hydrogen-bond donors (Lipinski definition) is 1. The largest absolute Gasteiger partial charge is 0.510 e. The molecule has 0 bridgehead atoms. The average molecular weight is 189 g/mol. The van der Waals surface area contributed by atoms with E-state index in [1.807, 2.05) is 0 Å². The van der Waals surface area contributed by atoms with Crippen molar-refractivity contribution in [2.45, 2.75) is 6.92 Å². The van der Waals surface area contributed by atoms with Crippen molar-refractivity contribution in [3.05, 3.63) is 16.4 Å². The first-order chi connectivity index (χ1) is 6.13. The second-order valence-electron chi connectivity index (χ2n) is 2.15. The van der Waals surface area contributed by atoms with Gasteiger partial charge in [0.1, 0.15) is 12.4 Å². The number of ether oxygens (including phenoxy) is 2. The minimum atomic E-state index is -0.952. The Bertz CT molecular complexity index is 219. The maximum absolute atomic E-state index is 10.9. The van der Waals surface area contributed by atoms with Crippen molar-refractivity contribution < 1.29 is 19.4 Å². The molecular weight excluding hydrogens is 178 g/mol. The monoisotopic (exact) mass is 189 g/mol. The van der Waals surface area contributed by atoms with Crippen LogP contribution in [0, 0.1) is 4.91 Å². The van der Waals surface area contributed by atoms with Crippen molar-refractivity contribution in [3.8, 4) is 0 Å². The van der Waals surface area contributed by atoms with Crippen LogP contribution in [-0.4, -0.2) is 31.4 Å². The van der Waals surface area contributed by atoms with Crippen LogP contribution >= 0.6 is 0 Å². The van der Waals surface area contributed by atoms with Gasteiger partial charge in [-0.2, -0.15) is 0 Å². The Kier molecular flexibility index (Phi) is 5.45. The molecule has 0 atom stereocenters. The molecule has 74 valence electrons. The molecule has 0 aliphatic rings. The highest BCUT2D eigenvalue weighted by Crippen LogP contribution is 2.04. The Balaban J connectivity index is 4.09. The SMILES string of the molecule is COCCOC(=O)/C(N=O)=C(/C)O. The van der Waals surface area contributed by atoms with Gasteiger partial charge in [-0.1, -0.05) is 0 Å². The molecular formula is C7H11NO5. The molecule has 0 saturated carbocycles. The van der Waals surface area contributed by atoms with Crippen LogP contribution in [0.4, 0.5) is 0 Å². The van der Waals surface area contributed by atoms with Crippen LogP contribution in [0.15, 0.2) is 16.6 Å². The summed E-state index contributed by atoms with van der Waals surface area (Å²) in [5.41, 5.74) is -0.615. The molecule has 0 rings (SSSR count). The predicted molar refractivity (Wildman–Crippen MR) is 44.0 cm³/mol. The maximum atomic E-state index is 10.9. The van der Waals surface area contributed by atoms with Gasteiger partial charge in [0, 0.05) is 7.11 Å². The minimum Gasteiger partial charge on any atom is -0.510 e. The number of aliphatic hydroxyl groups is 1. The lowest BCUT2D eigenvalue weighted by atomic mass is 10.4. The second kappa shape index (κ2) is 6.13. The smallest absolute Gasteiger partial charge is 0.364 e. The fraction of sp³-hybridized carbons (Fsp3) is 0.571. The van der Waals surface area contributed by atoms with Gasteiger partial charge in [0.2, 0.25) is 5.70 Å². The molecule has 6 nitrogen and oxygen atoms in total. The highest BCUT2D eigenvalue weighted by atomic mass is 16.6. The topological polar surface area (TPSA) is 85.2 Å². The highest BCUT2D eigenvalue weighted by Gasteiger charge is 2.15. The second-order valence-corrected chi connectivity index (χ2v) is 2.15. The van der Waals surface area contributed by atoms with Crippen LogP contribution in [-0.2, 0) is 14.3 Å². The molecule has 0 aliphatic carbocycles.